The lowest BCUT2D eigenvalue weighted by atomic mass is 10.3. The van der Waals surface area contributed by atoms with E-state index in [9.17, 15) is 76.7 Å². The Hall–Kier alpha value is -8.96. The maximum absolute atomic E-state index is 10.1. The molecule has 0 aliphatic carbocycles. The fourth-order valence-electron chi connectivity index (χ4n) is 2.87. The van der Waals surface area contributed by atoms with E-state index in [2.05, 4.69) is 85.3 Å². The molecule has 0 amide bonds. The quantitative estimate of drug-likeness (QED) is 0.0123. The molecule has 0 aliphatic heterocycles. The van der Waals surface area contributed by atoms with Crippen LogP contribution in [-0.2, 0) is 171 Å². The van der Waals surface area contributed by atoms with Gasteiger partial charge in [-0.25, -0.2) is 33.6 Å². The van der Waals surface area contributed by atoms with Crippen LogP contribution in [0.4, 0.5) is 0 Å². The van der Waals surface area contributed by atoms with Gasteiger partial charge < -0.3 is 136 Å². The van der Waals surface area contributed by atoms with E-state index in [1.807, 2.05) is 0 Å². The molecule has 2 atom stereocenters. The van der Waals surface area contributed by atoms with Crippen molar-refractivity contribution < 1.29 is 212 Å². The number of rotatable bonds is 54. The van der Waals surface area contributed by atoms with Gasteiger partial charge in [0, 0.05) is 13.0 Å². The molecule has 512 valence electrons. The molecule has 0 aliphatic rings. The highest BCUT2D eigenvalue weighted by Gasteiger charge is 2.10. The van der Waals surface area contributed by atoms with E-state index in [0.29, 0.717) is 32.7 Å². The van der Waals surface area contributed by atoms with Gasteiger partial charge in [0.2, 0.25) is 6.29 Å². The van der Waals surface area contributed by atoms with E-state index in [0.717, 1.165) is 0 Å². The third kappa shape index (κ3) is 132. The lowest BCUT2D eigenvalue weighted by molar-refractivity contribution is -0.169. The molecule has 44 heteroatoms. The SMILES string of the molecule is CC(OC=O)OCC(=O)O.CC(OCOC=O)C(=O)O.O=COCOCC(=O)O.O=COCOCC(=O)O.O=COCOCCOCC(=O)O.O=COCOCCOCC(=O)O.O=COCOCCOCC(=O)O.O=COCOCCOCCCC(=O)O. The predicted octanol–water partition coefficient (Wildman–Crippen LogP) is -4.63. The second kappa shape index (κ2) is 86.8. The van der Waals surface area contributed by atoms with Crippen molar-refractivity contribution in [1.29, 1.82) is 0 Å². The van der Waals surface area contributed by atoms with Crippen molar-refractivity contribution in [1.82, 2.24) is 0 Å². The molecule has 0 saturated heterocycles. The minimum Gasteiger partial charge on any atom is -0.481 e. The van der Waals surface area contributed by atoms with Crippen LogP contribution in [0.25, 0.3) is 0 Å². The Labute approximate surface area is 497 Å². The third-order valence-corrected chi connectivity index (χ3v) is 6.10. The molecule has 0 saturated carbocycles. The van der Waals surface area contributed by atoms with E-state index in [-0.39, 0.29) is 159 Å². The Morgan fingerprint density at radius 2 is 0.557 bits per heavy atom. The number of ether oxygens (including phenoxy) is 20. The van der Waals surface area contributed by atoms with Gasteiger partial charge in [-0.2, -0.15) is 0 Å². The number of carboxylic acids is 8. The lowest BCUT2D eigenvalue weighted by Gasteiger charge is -2.07. The van der Waals surface area contributed by atoms with Crippen LogP contribution in [0.2, 0.25) is 0 Å². The number of hydrogen-bond acceptors (Lipinski definition) is 36. The maximum Gasteiger partial charge on any atom is 0.332 e. The highest BCUT2D eigenvalue weighted by atomic mass is 16.7. The molecular formula is C44H72O44. The molecule has 0 spiro atoms. The summed E-state index contributed by atoms with van der Waals surface area (Å²) < 4.78 is 88.4. The fourth-order valence-corrected chi connectivity index (χ4v) is 2.87. The Balaban J connectivity index is -0.000000139. The van der Waals surface area contributed by atoms with Crippen LogP contribution in [0.3, 0.4) is 0 Å². The van der Waals surface area contributed by atoms with Gasteiger partial charge in [0.15, 0.2) is 53.7 Å². The monoisotopic (exact) mass is 1300 g/mol. The van der Waals surface area contributed by atoms with Crippen LogP contribution in [-0.4, -0.2) is 299 Å². The van der Waals surface area contributed by atoms with Crippen LogP contribution < -0.4 is 0 Å². The summed E-state index contributed by atoms with van der Waals surface area (Å²) in [6.45, 7) is 2.91. The van der Waals surface area contributed by atoms with Crippen LogP contribution in [0.5, 0.6) is 0 Å². The van der Waals surface area contributed by atoms with Crippen LogP contribution in [0.1, 0.15) is 26.7 Å². The zero-order valence-corrected chi connectivity index (χ0v) is 47.0. The predicted molar refractivity (Wildman–Crippen MR) is 267 cm³/mol. The van der Waals surface area contributed by atoms with Gasteiger partial charge in [-0.3, -0.25) is 43.2 Å². The first-order valence-electron chi connectivity index (χ1n) is 23.2. The smallest absolute Gasteiger partial charge is 0.332 e. The van der Waals surface area contributed by atoms with Gasteiger partial charge in [0.1, 0.15) is 39.6 Å². The van der Waals surface area contributed by atoms with E-state index >= 15 is 0 Å². The second-order valence-electron chi connectivity index (χ2n) is 12.9. The highest BCUT2D eigenvalue weighted by Crippen LogP contribution is 1.92. The molecule has 0 bridgehead atoms. The van der Waals surface area contributed by atoms with Crippen LogP contribution >= 0.6 is 0 Å². The van der Waals surface area contributed by atoms with Crippen LogP contribution in [0, 0.1) is 0 Å². The van der Waals surface area contributed by atoms with Gasteiger partial charge in [-0.15, -0.1) is 0 Å². The molecule has 2 unspecified atom stereocenters. The Morgan fingerprint density at radius 3 is 0.818 bits per heavy atom. The topological polar surface area (TPSA) is 620 Å². The van der Waals surface area contributed by atoms with Gasteiger partial charge >= 0.3 is 47.8 Å². The molecule has 0 rings (SSSR count). The second-order valence-corrected chi connectivity index (χ2v) is 12.9. The van der Waals surface area contributed by atoms with Gasteiger partial charge in [0.05, 0.1) is 52.9 Å². The summed E-state index contributed by atoms with van der Waals surface area (Å²) in [4.78, 5) is 155. The molecule has 88 heavy (non-hydrogen) atoms. The minimum atomic E-state index is -1.10. The highest BCUT2D eigenvalue weighted by molar-refractivity contribution is 5.71. The van der Waals surface area contributed by atoms with Crippen molar-refractivity contribution in [2.24, 2.45) is 0 Å². The molecule has 0 aromatic heterocycles. The molecule has 0 fully saturated rings. The molecule has 0 radical (unpaired) electrons. The first-order valence-corrected chi connectivity index (χ1v) is 23.2. The van der Waals surface area contributed by atoms with Crippen molar-refractivity contribution in [3.05, 3.63) is 0 Å². The summed E-state index contributed by atoms with van der Waals surface area (Å²) in [5, 5.41) is 64.8. The molecule has 8 N–H and O–H groups in total. The normalized spacial score (nSPS) is 9.84. The summed E-state index contributed by atoms with van der Waals surface area (Å²) in [5.74, 6) is -8.29. The van der Waals surface area contributed by atoms with E-state index < -0.39 is 80.0 Å². The molecule has 0 aromatic carbocycles. The van der Waals surface area contributed by atoms with E-state index in [1.165, 1.54) is 13.8 Å². The largest absolute Gasteiger partial charge is 0.481 e. The van der Waals surface area contributed by atoms with E-state index in [4.69, 9.17) is 50.3 Å². The number of carbonyl (C=O) groups excluding carboxylic acids is 8. The van der Waals surface area contributed by atoms with Crippen molar-refractivity contribution in [3.63, 3.8) is 0 Å². The minimum absolute atomic E-state index is 0.0814. The van der Waals surface area contributed by atoms with Crippen molar-refractivity contribution in [3.8, 4) is 0 Å². The van der Waals surface area contributed by atoms with Gasteiger partial charge in [-0.1, -0.05) is 0 Å². The molecular weight excluding hydrogens is 1230 g/mol. The zero-order chi connectivity index (χ0) is 68.5. The Morgan fingerprint density at radius 1 is 0.295 bits per heavy atom. The summed E-state index contributed by atoms with van der Waals surface area (Å²) >= 11 is 0. The molecule has 0 aromatic rings. The van der Waals surface area contributed by atoms with Crippen molar-refractivity contribution in [2.45, 2.75) is 39.1 Å². The number of carboxylic acid groups (broad SMARTS) is 8. The molecule has 44 nitrogen and oxygen atoms in total. The standard InChI is InChI=1S/C8H14O6.3C6H10O6.2C5H8O5.2C4H6O5/c9-6-14-7-13-5-4-12-3-1-2-8(10)11;3*7-4-12-5-11-2-1-10-3-6(8)9;1-4(5(7)8)10-3-9-2-6;1-4(10-3-6)9-2-5(7)8;2*5-2-9-3-8-1-4(6)7/h6H,1-5,7H2,(H,10,11);3*4H,1-3,5H2,(H,8,9);2,4H,3H2,1H3,(H,7,8);3-4H,2H2,1H3,(H,7,8);2*2H,1,3H2,(H,6,7). The fraction of sp³-hybridized carbons (Fsp3) is 0.636. The Bertz CT molecular complexity index is 1630. The third-order valence-electron chi connectivity index (χ3n) is 6.10. The number of aliphatic carboxylic acids is 8. The number of hydrogen-bond donors (Lipinski definition) is 8. The summed E-state index contributed by atoms with van der Waals surface area (Å²) in [5.41, 5.74) is 0. The van der Waals surface area contributed by atoms with E-state index in [1.54, 1.807) is 0 Å². The van der Waals surface area contributed by atoms with Gasteiger partial charge in [-0.05, 0) is 20.3 Å². The first kappa shape index (κ1) is 95.4. The summed E-state index contributed by atoms with van der Waals surface area (Å²) in [7, 11) is 0. The maximum atomic E-state index is 10.1. The van der Waals surface area contributed by atoms with Crippen molar-refractivity contribution in [2.75, 3.05) is 147 Å². The van der Waals surface area contributed by atoms with Crippen molar-refractivity contribution >= 4 is 99.5 Å². The number of carbonyl (C=O) groups is 16. The Kier molecular flexibility index (Phi) is 94.1. The first-order chi connectivity index (χ1) is 42.0. The zero-order valence-electron chi connectivity index (χ0n) is 47.0. The van der Waals surface area contributed by atoms with Gasteiger partial charge in [0.25, 0.3) is 51.8 Å². The summed E-state index contributed by atoms with van der Waals surface area (Å²) in [6, 6.07) is 0. The average molecular weight is 1310 g/mol. The van der Waals surface area contributed by atoms with Crippen LogP contribution in [0.15, 0.2) is 0 Å². The lowest BCUT2D eigenvalue weighted by Crippen LogP contribution is -2.20. The summed E-state index contributed by atoms with van der Waals surface area (Å²) in [6.07, 6.45) is -1.15. The average Bonchev–Trinajstić information content (AvgIpc) is 3.47. The molecule has 0 heterocycles.